The van der Waals surface area contributed by atoms with Crippen LogP contribution < -0.4 is 10.6 Å². The van der Waals surface area contributed by atoms with Crippen molar-refractivity contribution < 1.29 is 17.1 Å². The van der Waals surface area contributed by atoms with E-state index >= 15 is 0 Å². The Morgan fingerprint density at radius 3 is 1.56 bits per heavy atom. The van der Waals surface area contributed by atoms with Crippen LogP contribution in [0.1, 0.15) is 51.9 Å². The summed E-state index contributed by atoms with van der Waals surface area (Å²) in [6.07, 6.45) is 10.1. The molecule has 0 N–H and O–H groups in total. The normalized spacial score (nSPS) is 22.8. The SMILES string of the molecule is C1CCCC1.C[C@H](C1CCC(Br)C1P(c1ccccc1)c1ccccc1)N(C)C.[CH3-].[CH3-].[Fe+2]. The van der Waals surface area contributed by atoms with Crippen LogP contribution in [0.3, 0.4) is 0 Å². The van der Waals surface area contributed by atoms with Gasteiger partial charge in [0.1, 0.15) is 0 Å². The molecule has 2 aromatic rings. The van der Waals surface area contributed by atoms with E-state index in [1.54, 1.807) is 0 Å². The average Bonchev–Trinajstić information content (AvgIpc) is 3.44. The predicted octanol–water partition coefficient (Wildman–Crippen LogP) is 7.46. The summed E-state index contributed by atoms with van der Waals surface area (Å²) in [5.41, 5.74) is 0.683. The van der Waals surface area contributed by atoms with Gasteiger partial charge in [-0.05, 0) is 58.3 Å². The molecule has 2 aromatic carbocycles. The Morgan fingerprint density at radius 2 is 1.19 bits per heavy atom. The van der Waals surface area contributed by atoms with E-state index in [0.29, 0.717) is 16.5 Å². The first-order valence-electron chi connectivity index (χ1n) is 11.3. The van der Waals surface area contributed by atoms with Crippen molar-refractivity contribution in [2.24, 2.45) is 5.92 Å². The predicted molar refractivity (Wildman–Crippen MR) is 147 cm³/mol. The fraction of sp³-hybridized carbons (Fsp3) is 0.500. The Hall–Kier alpha value is -0.171. The minimum Gasteiger partial charge on any atom is -0.358 e. The molecule has 2 aliphatic carbocycles. The number of halogens is 1. The van der Waals surface area contributed by atoms with Gasteiger partial charge in [-0.3, -0.25) is 0 Å². The van der Waals surface area contributed by atoms with Crippen LogP contribution in [0.4, 0.5) is 0 Å². The quantitative estimate of drug-likeness (QED) is 0.159. The Bertz CT molecular complexity index is 661. The number of nitrogens with zero attached hydrogens (tertiary/aromatic N) is 1. The standard InChI is InChI=1S/C21H27BrNP.C5H10.2CH3.Fe/c1-16(23(2)3)19-14-15-20(22)21(19)24(17-10-6-4-7-11-17)18-12-8-5-9-13-18;1-2-4-5-3-1;;;/h4-13,16,19-21H,14-15H2,1-3H3;1-5H2;2*1H3;/q;;2*-1;+2/t16-,19?,20?,21?;;;;/m1..../s1. The smallest absolute Gasteiger partial charge is 0.358 e. The molecule has 0 saturated heterocycles. The third-order valence-corrected chi connectivity index (χ3v) is 11.1. The van der Waals surface area contributed by atoms with Gasteiger partial charge in [0.05, 0.1) is 0 Å². The second-order valence-corrected chi connectivity index (χ2v) is 12.3. The molecule has 0 spiro atoms. The molecule has 0 amide bonds. The van der Waals surface area contributed by atoms with Gasteiger partial charge in [0.15, 0.2) is 0 Å². The number of benzene rings is 2. The number of hydrogen-bond acceptors (Lipinski definition) is 1. The molecule has 4 atom stereocenters. The monoisotopic (exact) mass is 559 g/mol. The van der Waals surface area contributed by atoms with Gasteiger partial charge in [0, 0.05) is 16.5 Å². The summed E-state index contributed by atoms with van der Waals surface area (Å²) in [6.45, 7) is 2.40. The van der Waals surface area contributed by atoms with Gasteiger partial charge in [-0.15, -0.1) is 0 Å². The number of hydrogen-bond donors (Lipinski definition) is 0. The van der Waals surface area contributed by atoms with Gasteiger partial charge >= 0.3 is 17.1 Å². The molecule has 1 nitrogen and oxygen atoms in total. The van der Waals surface area contributed by atoms with Gasteiger partial charge in [-0.2, -0.15) is 0 Å². The zero-order chi connectivity index (χ0) is 20.6. The summed E-state index contributed by atoms with van der Waals surface area (Å²) in [7, 11) is 4.08. The van der Waals surface area contributed by atoms with Crippen molar-refractivity contribution in [3.05, 3.63) is 75.5 Å². The molecule has 4 rings (SSSR count). The minimum absolute atomic E-state index is 0. The van der Waals surface area contributed by atoms with Crippen molar-refractivity contribution in [2.45, 2.75) is 68.4 Å². The van der Waals surface area contributed by atoms with E-state index in [1.807, 2.05) is 0 Å². The first-order valence-corrected chi connectivity index (χ1v) is 13.6. The molecule has 4 heteroatoms. The summed E-state index contributed by atoms with van der Waals surface area (Å²) in [4.78, 5) is 3.00. The fourth-order valence-electron chi connectivity index (χ4n) is 4.78. The molecule has 0 heterocycles. The molecule has 0 aliphatic heterocycles. The molecular formula is C28H43BrFeNP. The Kier molecular flexibility index (Phi) is 16.4. The Morgan fingerprint density at radius 1 is 0.781 bits per heavy atom. The number of alkyl halides is 1. The van der Waals surface area contributed by atoms with Crippen molar-refractivity contribution in [1.29, 1.82) is 0 Å². The van der Waals surface area contributed by atoms with E-state index in [2.05, 4.69) is 103 Å². The number of rotatable bonds is 5. The van der Waals surface area contributed by atoms with Gasteiger partial charge in [0.25, 0.3) is 0 Å². The van der Waals surface area contributed by atoms with Crippen molar-refractivity contribution in [3.63, 3.8) is 0 Å². The Balaban J connectivity index is 0.00000106. The van der Waals surface area contributed by atoms with Crippen LogP contribution >= 0.6 is 23.9 Å². The topological polar surface area (TPSA) is 3.24 Å². The van der Waals surface area contributed by atoms with Crippen molar-refractivity contribution in [2.75, 3.05) is 14.1 Å². The van der Waals surface area contributed by atoms with Gasteiger partial charge in [0.2, 0.25) is 0 Å². The molecule has 0 radical (unpaired) electrons. The maximum atomic E-state index is 4.06. The summed E-state index contributed by atoms with van der Waals surface area (Å²) >= 11 is 4.06. The van der Waals surface area contributed by atoms with Crippen LogP contribution in [-0.2, 0) is 17.1 Å². The van der Waals surface area contributed by atoms with Gasteiger partial charge in [-0.25, -0.2) is 0 Å². The zero-order valence-corrected chi connectivity index (χ0v) is 24.2. The first kappa shape index (κ1) is 31.8. The molecule has 0 bridgehead atoms. The minimum atomic E-state index is -0.361. The first-order chi connectivity index (χ1) is 14.1. The molecule has 2 aliphatic rings. The zero-order valence-electron chi connectivity index (χ0n) is 20.7. The van der Waals surface area contributed by atoms with E-state index < -0.39 is 0 Å². The summed E-state index contributed by atoms with van der Waals surface area (Å²) in [5, 5.41) is 3.01. The molecular weight excluding hydrogens is 517 g/mol. The van der Waals surface area contributed by atoms with Crippen molar-refractivity contribution in [1.82, 2.24) is 4.90 Å². The average molecular weight is 560 g/mol. The third-order valence-electron chi connectivity index (χ3n) is 6.64. The second kappa shape index (κ2) is 16.5. The molecule has 0 aromatic heterocycles. The van der Waals surface area contributed by atoms with E-state index in [0.717, 1.165) is 5.92 Å². The van der Waals surface area contributed by atoms with E-state index in [4.69, 9.17) is 0 Å². The van der Waals surface area contributed by atoms with Crippen LogP contribution in [0.25, 0.3) is 0 Å². The maximum absolute atomic E-state index is 4.06. The van der Waals surface area contributed by atoms with E-state index in [9.17, 15) is 0 Å². The molecule has 180 valence electrons. The summed E-state index contributed by atoms with van der Waals surface area (Å²) in [6, 6.07) is 22.9. The third kappa shape index (κ3) is 8.56. The maximum Gasteiger partial charge on any atom is 2.00 e. The van der Waals surface area contributed by atoms with Crippen LogP contribution in [-0.4, -0.2) is 35.5 Å². The molecule has 2 saturated carbocycles. The van der Waals surface area contributed by atoms with Crippen LogP contribution in [0.2, 0.25) is 0 Å². The Labute approximate surface area is 219 Å². The molecule has 3 unspecified atom stereocenters. The van der Waals surface area contributed by atoms with Gasteiger partial charge < -0.3 is 19.8 Å². The van der Waals surface area contributed by atoms with Crippen molar-refractivity contribution >= 4 is 34.5 Å². The molecule has 2 fully saturated rings. The molecule has 32 heavy (non-hydrogen) atoms. The summed E-state index contributed by atoms with van der Waals surface area (Å²) in [5.74, 6) is 0.732. The van der Waals surface area contributed by atoms with Gasteiger partial charge in [-0.1, -0.05) is 109 Å². The van der Waals surface area contributed by atoms with E-state index in [-0.39, 0.29) is 39.8 Å². The van der Waals surface area contributed by atoms with Crippen LogP contribution in [0.15, 0.2) is 60.7 Å². The largest absolute Gasteiger partial charge is 2.00 e. The van der Waals surface area contributed by atoms with Crippen LogP contribution in [0.5, 0.6) is 0 Å². The van der Waals surface area contributed by atoms with E-state index in [1.165, 1.54) is 55.6 Å². The van der Waals surface area contributed by atoms with Crippen LogP contribution in [0, 0.1) is 20.8 Å². The fourth-order valence-corrected chi connectivity index (χ4v) is 9.37. The second-order valence-electron chi connectivity index (χ2n) is 8.76. The van der Waals surface area contributed by atoms with Crippen molar-refractivity contribution in [3.8, 4) is 0 Å². The summed E-state index contributed by atoms with van der Waals surface area (Å²) < 4.78 is 0.